The minimum absolute atomic E-state index is 0.599. The molecule has 1 saturated heterocycles. The van der Waals surface area contributed by atoms with Crippen LogP contribution in [-0.4, -0.2) is 24.0 Å². The summed E-state index contributed by atoms with van der Waals surface area (Å²) < 4.78 is 0. The van der Waals surface area contributed by atoms with Crippen LogP contribution in [0.25, 0.3) is 0 Å². The van der Waals surface area contributed by atoms with E-state index in [-0.39, 0.29) is 0 Å². The maximum Gasteiger partial charge on any atom is 0.0237 e. The summed E-state index contributed by atoms with van der Waals surface area (Å²) >= 11 is 0. The Bertz CT molecular complexity index is 381. The molecule has 98 valence electrons. The molecular weight excluding hydrogens is 220 g/mol. The van der Waals surface area contributed by atoms with E-state index in [9.17, 15) is 0 Å². The number of rotatable bonds is 4. The lowest BCUT2D eigenvalue weighted by molar-refractivity contribution is 0.145. The summed E-state index contributed by atoms with van der Waals surface area (Å²) in [5, 5.41) is 0. The number of likely N-dealkylation sites (tertiary alicyclic amines) is 1. The van der Waals surface area contributed by atoms with E-state index in [0.717, 1.165) is 19.0 Å². The molecule has 2 nitrogen and oxygen atoms in total. The fraction of sp³-hybridized carbons (Fsp3) is 0.625. The normalized spacial score (nSPS) is 25.3. The Balaban J connectivity index is 1.63. The van der Waals surface area contributed by atoms with E-state index in [1.165, 1.54) is 49.8 Å². The first-order valence-corrected chi connectivity index (χ1v) is 7.40. The van der Waals surface area contributed by atoms with Gasteiger partial charge in [0.25, 0.3) is 0 Å². The molecule has 0 amide bonds. The monoisotopic (exact) mass is 244 g/mol. The Hall–Kier alpha value is -0.860. The molecular formula is C16H24N2. The highest BCUT2D eigenvalue weighted by Gasteiger charge is 2.24. The quantitative estimate of drug-likeness (QED) is 0.882. The van der Waals surface area contributed by atoms with Gasteiger partial charge in [-0.2, -0.15) is 0 Å². The molecule has 0 radical (unpaired) electrons. The lowest BCUT2D eigenvalue weighted by Crippen LogP contribution is -2.43. The van der Waals surface area contributed by atoms with Crippen molar-refractivity contribution >= 4 is 0 Å². The summed E-state index contributed by atoms with van der Waals surface area (Å²) in [6, 6.07) is 9.89. The maximum absolute atomic E-state index is 5.88. The van der Waals surface area contributed by atoms with Gasteiger partial charge in [-0.05, 0) is 49.3 Å². The summed E-state index contributed by atoms with van der Waals surface area (Å²) in [4.78, 5) is 2.57. The molecule has 1 aliphatic carbocycles. The third-order valence-corrected chi connectivity index (χ3v) is 4.44. The predicted octanol–water partition coefficient (Wildman–Crippen LogP) is 2.88. The topological polar surface area (TPSA) is 29.3 Å². The van der Waals surface area contributed by atoms with Crippen LogP contribution in [-0.2, 0) is 6.54 Å². The van der Waals surface area contributed by atoms with Crippen molar-refractivity contribution in [2.75, 3.05) is 13.1 Å². The van der Waals surface area contributed by atoms with E-state index in [1.807, 2.05) is 0 Å². The van der Waals surface area contributed by atoms with Crippen LogP contribution in [0.4, 0.5) is 0 Å². The molecule has 2 N–H and O–H groups in total. The Kier molecular flexibility index (Phi) is 3.67. The number of hydrogen-bond acceptors (Lipinski definition) is 2. The SMILES string of the molecule is NCC1CCCCN1Cc1ccc(C2CC2)cc1. The zero-order valence-corrected chi connectivity index (χ0v) is 11.1. The second kappa shape index (κ2) is 5.41. The number of benzene rings is 1. The van der Waals surface area contributed by atoms with Crippen molar-refractivity contribution in [1.82, 2.24) is 4.90 Å². The van der Waals surface area contributed by atoms with Crippen molar-refractivity contribution in [2.45, 2.75) is 50.6 Å². The molecule has 2 aliphatic rings. The van der Waals surface area contributed by atoms with Crippen LogP contribution >= 0.6 is 0 Å². The minimum atomic E-state index is 0.599. The summed E-state index contributed by atoms with van der Waals surface area (Å²) in [6.07, 6.45) is 6.73. The Labute approximate surface area is 110 Å². The van der Waals surface area contributed by atoms with Gasteiger partial charge in [0.15, 0.2) is 0 Å². The Morgan fingerprint density at radius 1 is 1.06 bits per heavy atom. The average Bonchev–Trinajstić information content (AvgIpc) is 3.25. The summed E-state index contributed by atoms with van der Waals surface area (Å²) in [5.74, 6) is 0.867. The lowest BCUT2D eigenvalue weighted by atomic mass is 10.0. The van der Waals surface area contributed by atoms with Crippen molar-refractivity contribution in [3.8, 4) is 0 Å². The van der Waals surface area contributed by atoms with E-state index < -0.39 is 0 Å². The van der Waals surface area contributed by atoms with Crippen molar-refractivity contribution < 1.29 is 0 Å². The Morgan fingerprint density at radius 3 is 2.50 bits per heavy atom. The van der Waals surface area contributed by atoms with E-state index in [1.54, 1.807) is 0 Å². The highest BCUT2D eigenvalue weighted by Crippen LogP contribution is 2.39. The molecule has 1 unspecified atom stereocenters. The zero-order valence-electron chi connectivity index (χ0n) is 11.1. The molecule has 1 heterocycles. The van der Waals surface area contributed by atoms with Crippen LogP contribution in [0.3, 0.4) is 0 Å². The standard InChI is InChI=1S/C16H24N2/c17-11-16-3-1-2-10-18(16)12-13-4-6-14(7-5-13)15-8-9-15/h4-7,15-16H,1-3,8-12,17H2. The lowest BCUT2D eigenvalue weighted by Gasteiger charge is -2.35. The van der Waals surface area contributed by atoms with Gasteiger partial charge in [0.1, 0.15) is 0 Å². The molecule has 0 aromatic heterocycles. The largest absolute Gasteiger partial charge is 0.329 e. The number of nitrogens with two attached hydrogens (primary N) is 1. The highest BCUT2D eigenvalue weighted by atomic mass is 15.2. The van der Waals surface area contributed by atoms with Crippen LogP contribution in [0, 0.1) is 0 Å². The molecule has 1 atom stereocenters. The number of hydrogen-bond donors (Lipinski definition) is 1. The fourth-order valence-electron chi connectivity index (χ4n) is 3.08. The zero-order chi connectivity index (χ0) is 12.4. The van der Waals surface area contributed by atoms with Crippen LogP contribution in [0.1, 0.15) is 49.1 Å². The molecule has 1 aliphatic heterocycles. The third kappa shape index (κ3) is 2.76. The van der Waals surface area contributed by atoms with Gasteiger partial charge >= 0.3 is 0 Å². The van der Waals surface area contributed by atoms with Gasteiger partial charge in [0, 0.05) is 19.1 Å². The first-order valence-electron chi connectivity index (χ1n) is 7.40. The van der Waals surface area contributed by atoms with Crippen molar-refractivity contribution in [3.63, 3.8) is 0 Å². The van der Waals surface area contributed by atoms with E-state index in [2.05, 4.69) is 29.2 Å². The van der Waals surface area contributed by atoms with Gasteiger partial charge in [-0.25, -0.2) is 0 Å². The molecule has 1 saturated carbocycles. The van der Waals surface area contributed by atoms with Gasteiger partial charge in [0.2, 0.25) is 0 Å². The van der Waals surface area contributed by atoms with Gasteiger partial charge in [0.05, 0.1) is 0 Å². The first-order chi connectivity index (χ1) is 8.86. The third-order valence-electron chi connectivity index (χ3n) is 4.44. The van der Waals surface area contributed by atoms with E-state index >= 15 is 0 Å². The summed E-state index contributed by atoms with van der Waals surface area (Å²) in [5.41, 5.74) is 8.86. The molecule has 0 spiro atoms. The molecule has 1 aromatic rings. The summed E-state index contributed by atoms with van der Waals surface area (Å²) in [7, 11) is 0. The van der Waals surface area contributed by atoms with Gasteiger partial charge in [-0.15, -0.1) is 0 Å². The van der Waals surface area contributed by atoms with E-state index in [0.29, 0.717) is 6.04 Å². The second-order valence-corrected chi connectivity index (χ2v) is 5.87. The van der Waals surface area contributed by atoms with Crippen LogP contribution < -0.4 is 5.73 Å². The van der Waals surface area contributed by atoms with Gasteiger partial charge in [-0.3, -0.25) is 4.90 Å². The Morgan fingerprint density at radius 2 is 1.83 bits per heavy atom. The molecule has 0 bridgehead atoms. The van der Waals surface area contributed by atoms with Crippen molar-refractivity contribution in [3.05, 3.63) is 35.4 Å². The van der Waals surface area contributed by atoms with Crippen LogP contribution in [0.15, 0.2) is 24.3 Å². The maximum atomic E-state index is 5.88. The predicted molar refractivity (Wildman–Crippen MR) is 75.5 cm³/mol. The molecule has 1 aromatic carbocycles. The molecule has 18 heavy (non-hydrogen) atoms. The second-order valence-electron chi connectivity index (χ2n) is 5.87. The molecule has 2 heteroatoms. The van der Waals surface area contributed by atoms with Gasteiger partial charge < -0.3 is 5.73 Å². The average molecular weight is 244 g/mol. The van der Waals surface area contributed by atoms with Crippen LogP contribution in [0.2, 0.25) is 0 Å². The van der Waals surface area contributed by atoms with Gasteiger partial charge in [-0.1, -0.05) is 30.7 Å². The number of nitrogens with zero attached hydrogens (tertiary/aromatic N) is 1. The fourth-order valence-corrected chi connectivity index (χ4v) is 3.08. The minimum Gasteiger partial charge on any atom is -0.329 e. The first kappa shape index (κ1) is 12.2. The molecule has 3 rings (SSSR count). The smallest absolute Gasteiger partial charge is 0.0237 e. The van der Waals surface area contributed by atoms with Crippen LogP contribution in [0.5, 0.6) is 0 Å². The molecule has 2 fully saturated rings. The van der Waals surface area contributed by atoms with Crippen molar-refractivity contribution in [1.29, 1.82) is 0 Å². The van der Waals surface area contributed by atoms with E-state index in [4.69, 9.17) is 5.73 Å². The summed E-state index contributed by atoms with van der Waals surface area (Å²) in [6.45, 7) is 3.10. The number of piperidine rings is 1. The van der Waals surface area contributed by atoms with Crippen molar-refractivity contribution in [2.24, 2.45) is 5.73 Å². The highest BCUT2D eigenvalue weighted by molar-refractivity contribution is 5.28.